The van der Waals surface area contributed by atoms with Gasteiger partial charge in [-0.1, -0.05) is 84.9 Å². The molecule has 5 aromatic rings. The van der Waals surface area contributed by atoms with E-state index in [4.69, 9.17) is 9.47 Å². The Morgan fingerprint density at radius 1 is 0.821 bits per heavy atom. The molecule has 0 saturated carbocycles. The van der Waals surface area contributed by atoms with Gasteiger partial charge in [0.15, 0.2) is 5.82 Å². The standard InChI is InChI=1S/C32H29N3O3S/c1-37-28-14-8-11-25(19-28)21-30-34-32(39-35-30)38-27-17-15-24(16-18-27)22-31(36)33-29(26-12-6-3-7-13-26)20-23-9-4-2-5-10-23/h2-19,29H,20-22H2,1H3,(H,33,36). The molecule has 7 heteroatoms. The number of hydrogen-bond acceptors (Lipinski definition) is 6. The first-order valence-electron chi connectivity index (χ1n) is 12.7. The first-order valence-corrected chi connectivity index (χ1v) is 13.5. The molecule has 0 fully saturated rings. The van der Waals surface area contributed by atoms with E-state index in [0.29, 0.717) is 23.2 Å². The van der Waals surface area contributed by atoms with E-state index in [9.17, 15) is 4.79 Å². The van der Waals surface area contributed by atoms with Crippen LogP contribution in [0, 0.1) is 0 Å². The zero-order valence-electron chi connectivity index (χ0n) is 21.6. The highest BCUT2D eigenvalue weighted by atomic mass is 32.1. The maximum Gasteiger partial charge on any atom is 0.298 e. The van der Waals surface area contributed by atoms with Gasteiger partial charge in [0.2, 0.25) is 5.91 Å². The zero-order valence-corrected chi connectivity index (χ0v) is 22.4. The highest BCUT2D eigenvalue weighted by Crippen LogP contribution is 2.25. The topological polar surface area (TPSA) is 73.3 Å². The molecule has 0 aliphatic carbocycles. The van der Waals surface area contributed by atoms with E-state index in [1.54, 1.807) is 7.11 Å². The third kappa shape index (κ3) is 7.52. The molecule has 1 aromatic heterocycles. The van der Waals surface area contributed by atoms with Crippen LogP contribution in [0.3, 0.4) is 0 Å². The molecule has 5 rings (SSSR count). The van der Waals surface area contributed by atoms with Gasteiger partial charge in [-0.2, -0.15) is 9.36 Å². The molecule has 0 aliphatic heterocycles. The number of carbonyl (C=O) groups excluding carboxylic acids is 1. The van der Waals surface area contributed by atoms with Crippen molar-refractivity contribution < 1.29 is 14.3 Å². The van der Waals surface area contributed by atoms with Gasteiger partial charge in [0.1, 0.15) is 11.5 Å². The Morgan fingerprint density at radius 2 is 1.54 bits per heavy atom. The lowest BCUT2D eigenvalue weighted by atomic mass is 9.98. The van der Waals surface area contributed by atoms with Crippen LogP contribution in [-0.4, -0.2) is 22.4 Å². The molecule has 6 nitrogen and oxygen atoms in total. The van der Waals surface area contributed by atoms with E-state index < -0.39 is 0 Å². The summed E-state index contributed by atoms with van der Waals surface area (Å²) in [6, 6.07) is 35.5. The average Bonchev–Trinajstić information content (AvgIpc) is 3.41. The number of rotatable bonds is 11. The van der Waals surface area contributed by atoms with Crippen molar-refractivity contribution in [3.05, 3.63) is 137 Å². The lowest BCUT2D eigenvalue weighted by Gasteiger charge is -2.20. The van der Waals surface area contributed by atoms with Crippen molar-refractivity contribution in [3.8, 4) is 16.7 Å². The third-order valence-electron chi connectivity index (χ3n) is 6.26. The maximum absolute atomic E-state index is 13.0. The first kappa shape index (κ1) is 26.1. The van der Waals surface area contributed by atoms with Crippen molar-refractivity contribution >= 4 is 17.4 Å². The summed E-state index contributed by atoms with van der Waals surface area (Å²) < 4.78 is 15.6. The second kappa shape index (κ2) is 12.8. The van der Waals surface area contributed by atoms with Crippen molar-refractivity contribution in [1.82, 2.24) is 14.7 Å². The van der Waals surface area contributed by atoms with Crippen molar-refractivity contribution in [2.75, 3.05) is 7.11 Å². The largest absolute Gasteiger partial charge is 0.497 e. The smallest absolute Gasteiger partial charge is 0.298 e. The molecule has 196 valence electrons. The Morgan fingerprint density at radius 3 is 2.28 bits per heavy atom. The molecule has 0 spiro atoms. The van der Waals surface area contributed by atoms with Crippen molar-refractivity contribution in [3.63, 3.8) is 0 Å². The zero-order chi connectivity index (χ0) is 26.9. The van der Waals surface area contributed by atoms with Gasteiger partial charge in [-0.15, -0.1) is 0 Å². The Hall–Kier alpha value is -4.49. The molecule has 0 radical (unpaired) electrons. The summed E-state index contributed by atoms with van der Waals surface area (Å²) in [4.78, 5) is 17.5. The minimum Gasteiger partial charge on any atom is -0.497 e. The third-order valence-corrected chi connectivity index (χ3v) is 6.89. The van der Waals surface area contributed by atoms with Crippen LogP contribution in [-0.2, 0) is 24.1 Å². The normalized spacial score (nSPS) is 11.5. The maximum atomic E-state index is 13.0. The Balaban J connectivity index is 1.17. The molecular formula is C32H29N3O3S. The van der Waals surface area contributed by atoms with Crippen LogP contribution in [0.2, 0.25) is 0 Å². The van der Waals surface area contributed by atoms with E-state index >= 15 is 0 Å². The molecule has 0 bridgehead atoms. The molecular weight excluding hydrogens is 506 g/mol. The van der Waals surface area contributed by atoms with Crippen LogP contribution in [0.1, 0.15) is 34.1 Å². The fourth-order valence-corrected chi connectivity index (χ4v) is 4.88. The summed E-state index contributed by atoms with van der Waals surface area (Å²) in [5, 5.41) is 3.70. The van der Waals surface area contributed by atoms with Gasteiger partial charge in [-0.05, 0) is 52.9 Å². The van der Waals surface area contributed by atoms with Crippen LogP contribution in [0.15, 0.2) is 109 Å². The van der Waals surface area contributed by atoms with Gasteiger partial charge in [-0.3, -0.25) is 4.79 Å². The van der Waals surface area contributed by atoms with Crippen LogP contribution in [0.25, 0.3) is 0 Å². The quantitative estimate of drug-likeness (QED) is 0.207. The lowest BCUT2D eigenvalue weighted by Crippen LogP contribution is -2.31. The SMILES string of the molecule is COc1cccc(Cc2nsc(Oc3ccc(CC(=O)NC(Cc4ccccc4)c4ccccc4)cc3)n2)c1. The van der Waals surface area contributed by atoms with Crippen molar-refractivity contribution in [2.24, 2.45) is 0 Å². The van der Waals surface area contributed by atoms with E-state index in [1.165, 1.54) is 17.1 Å². The van der Waals surface area contributed by atoms with E-state index in [2.05, 4.69) is 38.9 Å². The van der Waals surface area contributed by atoms with Crippen LogP contribution in [0.5, 0.6) is 16.7 Å². The van der Waals surface area contributed by atoms with Gasteiger partial charge >= 0.3 is 0 Å². The van der Waals surface area contributed by atoms with Crippen LogP contribution < -0.4 is 14.8 Å². The molecule has 0 aliphatic rings. The second-order valence-electron chi connectivity index (χ2n) is 9.15. The summed E-state index contributed by atoms with van der Waals surface area (Å²) in [7, 11) is 1.65. The summed E-state index contributed by atoms with van der Waals surface area (Å²) in [6.45, 7) is 0. The molecule has 1 amide bonds. The fourth-order valence-electron chi connectivity index (χ4n) is 4.31. The van der Waals surface area contributed by atoms with Crippen molar-refractivity contribution in [2.45, 2.75) is 25.3 Å². The molecule has 0 saturated heterocycles. The van der Waals surface area contributed by atoms with E-state index in [0.717, 1.165) is 28.9 Å². The highest BCUT2D eigenvalue weighted by molar-refractivity contribution is 7.07. The Bertz CT molecular complexity index is 1490. The van der Waals surface area contributed by atoms with Crippen LogP contribution >= 0.6 is 11.5 Å². The Labute approximate surface area is 232 Å². The van der Waals surface area contributed by atoms with Gasteiger partial charge in [0, 0.05) is 18.0 Å². The number of amides is 1. The molecule has 39 heavy (non-hydrogen) atoms. The number of benzene rings is 4. The van der Waals surface area contributed by atoms with Crippen molar-refractivity contribution in [1.29, 1.82) is 0 Å². The van der Waals surface area contributed by atoms with Gasteiger partial charge < -0.3 is 14.8 Å². The molecule has 1 atom stereocenters. The summed E-state index contributed by atoms with van der Waals surface area (Å²) in [5.74, 6) is 2.12. The number of nitrogens with one attached hydrogen (secondary N) is 1. The number of nitrogens with zero attached hydrogens (tertiary/aromatic N) is 2. The van der Waals surface area contributed by atoms with E-state index in [1.807, 2.05) is 84.9 Å². The van der Waals surface area contributed by atoms with Gasteiger partial charge in [0.05, 0.1) is 19.6 Å². The van der Waals surface area contributed by atoms with E-state index in [-0.39, 0.29) is 18.4 Å². The average molecular weight is 536 g/mol. The molecule has 1 N–H and O–H groups in total. The lowest BCUT2D eigenvalue weighted by molar-refractivity contribution is -0.121. The Kier molecular flexibility index (Phi) is 8.61. The number of aromatic nitrogens is 2. The first-order chi connectivity index (χ1) is 19.1. The highest BCUT2D eigenvalue weighted by Gasteiger charge is 2.16. The number of carbonyl (C=O) groups is 1. The summed E-state index contributed by atoms with van der Waals surface area (Å²) in [5.41, 5.74) is 4.24. The van der Waals surface area contributed by atoms with Crippen LogP contribution in [0.4, 0.5) is 0 Å². The number of hydrogen-bond donors (Lipinski definition) is 1. The number of methoxy groups -OCH3 is 1. The predicted molar refractivity (Wildman–Crippen MR) is 153 cm³/mol. The molecule has 1 heterocycles. The summed E-state index contributed by atoms with van der Waals surface area (Å²) >= 11 is 1.22. The molecule has 4 aromatic carbocycles. The predicted octanol–water partition coefficient (Wildman–Crippen LogP) is 6.57. The minimum atomic E-state index is -0.104. The molecule has 1 unspecified atom stereocenters. The number of ether oxygens (including phenoxy) is 2. The minimum absolute atomic E-state index is 0.0280. The second-order valence-corrected chi connectivity index (χ2v) is 9.86. The fraction of sp³-hybridized carbons (Fsp3) is 0.156. The summed E-state index contributed by atoms with van der Waals surface area (Å²) in [6.07, 6.45) is 1.60. The van der Waals surface area contributed by atoms with Gasteiger partial charge in [-0.25, -0.2) is 0 Å². The van der Waals surface area contributed by atoms with Gasteiger partial charge in [0.25, 0.3) is 5.19 Å². The monoisotopic (exact) mass is 535 g/mol.